The standard InChI is InChI=1S/C21H35N5O2.HI/c1-25(2)20(27)17-24-21(23-13-16-26-14-5-4-6-15-26)22-12-11-18-7-9-19(28-3)10-8-18;/h7-10H,4-6,11-17H2,1-3H3,(H2,22,23,24);1H. The summed E-state index contributed by atoms with van der Waals surface area (Å²) < 4.78 is 5.20. The zero-order chi connectivity index (χ0) is 20.2. The van der Waals surface area contributed by atoms with Gasteiger partial charge in [-0.2, -0.15) is 0 Å². The molecule has 2 N–H and O–H groups in total. The van der Waals surface area contributed by atoms with Crippen LogP contribution in [-0.4, -0.2) is 82.1 Å². The van der Waals surface area contributed by atoms with Crippen molar-refractivity contribution in [3.8, 4) is 5.75 Å². The first-order valence-corrected chi connectivity index (χ1v) is 10.2. The third kappa shape index (κ3) is 10.2. The summed E-state index contributed by atoms with van der Waals surface area (Å²) in [4.78, 5) is 20.4. The van der Waals surface area contributed by atoms with Crippen LogP contribution in [0.5, 0.6) is 5.75 Å². The lowest BCUT2D eigenvalue weighted by molar-refractivity contribution is -0.127. The van der Waals surface area contributed by atoms with Gasteiger partial charge in [0.1, 0.15) is 12.3 Å². The second-order valence-corrected chi connectivity index (χ2v) is 7.31. The summed E-state index contributed by atoms with van der Waals surface area (Å²) in [6.45, 7) is 5.08. The molecule has 1 aliphatic rings. The summed E-state index contributed by atoms with van der Waals surface area (Å²) in [5.41, 5.74) is 1.23. The maximum Gasteiger partial charge on any atom is 0.243 e. The van der Waals surface area contributed by atoms with E-state index in [0.29, 0.717) is 5.96 Å². The molecule has 0 aliphatic carbocycles. The van der Waals surface area contributed by atoms with E-state index in [1.165, 1.54) is 37.9 Å². The van der Waals surface area contributed by atoms with Gasteiger partial charge < -0.3 is 25.2 Å². The number of methoxy groups -OCH3 is 1. The number of halogens is 1. The molecule has 0 aromatic heterocycles. The molecule has 0 radical (unpaired) electrons. The van der Waals surface area contributed by atoms with Crippen molar-refractivity contribution in [3.05, 3.63) is 29.8 Å². The second-order valence-electron chi connectivity index (χ2n) is 7.31. The molecule has 0 bridgehead atoms. The minimum Gasteiger partial charge on any atom is -0.497 e. The number of ether oxygens (including phenoxy) is 1. The highest BCUT2D eigenvalue weighted by atomic mass is 127. The molecule has 1 amide bonds. The quantitative estimate of drug-likeness (QED) is 0.298. The van der Waals surface area contributed by atoms with E-state index < -0.39 is 0 Å². The number of rotatable bonds is 9. The lowest BCUT2D eigenvalue weighted by Gasteiger charge is -2.26. The zero-order valence-electron chi connectivity index (χ0n) is 17.9. The molecule has 0 unspecified atom stereocenters. The molecule has 29 heavy (non-hydrogen) atoms. The van der Waals surface area contributed by atoms with Crippen molar-refractivity contribution < 1.29 is 9.53 Å². The molecule has 2 rings (SSSR count). The number of amides is 1. The van der Waals surface area contributed by atoms with E-state index in [9.17, 15) is 4.79 Å². The number of piperidine rings is 1. The largest absolute Gasteiger partial charge is 0.497 e. The van der Waals surface area contributed by atoms with Crippen molar-refractivity contribution in [1.82, 2.24) is 20.4 Å². The number of nitrogens with one attached hydrogen (secondary N) is 2. The van der Waals surface area contributed by atoms with Gasteiger partial charge in [0.15, 0.2) is 5.96 Å². The van der Waals surface area contributed by atoms with Crippen molar-refractivity contribution in [3.63, 3.8) is 0 Å². The van der Waals surface area contributed by atoms with Gasteiger partial charge in [-0.05, 0) is 50.0 Å². The van der Waals surface area contributed by atoms with E-state index in [0.717, 1.165) is 31.8 Å². The van der Waals surface area contributed by atoms with Gasteiger partial charge in [-0.1, -0.05) is 18.6 Å². The molecular formula is C21H36IN5O2. The number of benzene rings is 1. The van der Waals surface area contributed by atoms with Crippen molar-refractivity contribution in [1.29, 1.82) is 0 Å². The number of carbonyl (C=O) groups excluding carboxylic acids is 1. The fraction of sp³-hybridized carbons (Fsp3) is 0.619. The molecule has 0 atom stereocenters. The minimum absolute atomic E-state index is 0. The van der Waals surface area contributed by atoms with Crippen LogP contribution in [0.3, 0.4) is 0 Å². The van der Waals surface area contributed by atoms with Gasteiger partial charge in [0.2, 0.25) is 5.91 Å². The molecule has 0 saturated carbocycles. The second kappa shape index (κ2) is 14.4. The average Bonchev–Trinajstić information content (AvgIpc) is 2.72. The van der Waals surface area contributed by atoms with Crippen molar-refractivity contribution >= 4 is 35.8 Å². The number of hydrogen-bond acceptors (Lipinski definition) is 4. The van der Waals surface area contributed by atoms with E-state index >= 15 is 0 Å². The van der Waals surface area contributed by atoms with E-state index in [-0.39, 0.29) is 36.4 Å². The Bertz CT molecular complexity index is 616. The summed E-state index contributed by atoms with van der Waals surface area (Å²) in [7, 11) is 5.17. The van der Waals surface area contributed by atoms with Gasteiger partial charge in [-0.25, -0.2) is 4.99 Å². The van der Waals surface area contributed by atoms with Crippen LogP contribution in [0, 0.1) is 0 Å². The van der Waals surface area contributed by atoms with Crippen LogP contribution in [0.25, 0.3) is 0 Å². The zero-order valence-corrected chi connectivity index (χ0v) is 20.3. The van der Waals surface area contributed by atoms with Crippen molar-refractivity contribution in [2.75, 3.05) is 60.5 Å². The normalized spacial score (nSPS) is 14.7. The summed E-state index contributed by atoms with van der Waals surface area (Å²) in [6.07, 6.45) is 4.80. The van der Waals surface area contributed by atoms with Crippen LogP contribution in [0.1, 0.15) is 24.8 Å². The van der Waals surface area contributed by atoms with Crippen molar-refractivity contribution in [2.45, 2.75) is 25.7 Å². The Hall–Kier alpha value is -1.55. The minimum atomic E-state index is -0.00714. The average molecular weight is 517 g/mol. The SMILES string of the molecule is COc1ccc(CCNC(=NCC(=O)N(C)C)NCCN2CCCCC2)cc1.I. The summed E-state index contributed by atoms with van der Waals surface area (Å²) in [6, 6.07) is 8.07. The third-order valence-corrected chi connectivity index (χ3v) is 4.91. The van der Waals surface area contributed by atoms with Crippen LogP contribution < -0.4 is 15.4 Å². The van der Waals surface area contributed by atoms with Gasteiger partial charge in [-0.15, -0.1) is 24.0 Å². The Kier molecular flexibility index (Phi) is 12.7. The lowest BCUT2D eigenvalue weighted by atomic mass is 10.1. The summed E-state index contributed by atoms with van der Waals surface area (Å²) >= 11 is 0. The predicted molar refractivity (Wildman–Crippen MR) is 129 cm³/mol. The van der Waals surface area contributed by atoms with E-state index in [2.05, 4.69) is 32.7 Å². The van der Waals surface area contributed by atoms with Gasteiger partial charge in [0.25, 0.3) is 0 Å². The Labute approximate surface area is 192 Å². The van der Waals surface area contributed by atoms with Gasteiger partial charge in [-0.3, -0.25) is 4.79 Å². The molecule has 8 heteroatoms. The van der Waals surface area contributed by atoms with Crippen LogP contribution in [0.2, 0.25) is 0 Å². The molecule has 1 heterocycles. The molecule has 1 aromatic rings. The Morgan fingerprint density at radius 2 is 1.76 bits per heavy atom. The van der Waals surface area contributed by atoms with Crippen LogP contribution in [-0.2, 0) is 11.2 Å². The number of nitrogens with zero attached hydrogens (tertiary/aromatic N) is 3. The molecule has 1 saturated heterocycles. The first-order chi connectivity index (χ1) is 13.6. The highest BCUT2D eigenvalue weighted by molar-refractivity contribution is 14.0. The molecule has 1 fully saturated rings. The summed E-state index contributed by atoms with van der Waals surface area (Å²) in [5, 5.41) is 6.72. The Morgan fingerprint density at radius 3 is 2.38 bits per heavy atom. The Balaban J connectivity index is 0.00000420. The molecule has 164 valence electrons. The first-order valence-electron chi connectivity index (χ1n) is 10.2. The number of guanidine groups is 1. The Morgan fingerprint density at radius 1 is 1.10 bits per heavy atom. The molecule has 1 aromatic carbocycles. The van der Waals surface area contributed by atoms with Crippen LogP contribution >= 0.6 is 24.0 Å². The number of hydrogen-bond donors (Lipinski definition) is 2. The first kappa shape index (κ1) is 25.5. The number of likely N-dealkylation sites (tertiary alicyclic amines) is 1. The van der Waals surface area contributed by atoms with Gasteiger partial charge >= 0.3 is 0 Å². The molecule has 7 nitrogen and oxygen atoms in total. The molecule has 1 aliphatic heterocycles. The van der Waals surface area contributed by atoms with Crippen LogP contribution in [0.15, 0.2) is 29.3 Å². The summed E-state index contributed by atoms with van der Waals surface area (Å²) in [5.74, 6) is 1.55. The molecule has 0 spiro atoms. The van der Waals surface area contributed by atoms with E-state index in [1.807, 2.05) is 12.1 Å². The van der Waals surface area contributed by atoms with E-state index in [4.69, 9.17) is 4.74 Å². The fourth-order valence-corrected chi connectivity index (χ4v) is 3.10. The number of aliphatic imine (C=N–C) groups is 1. The third-order valence-electron chi connectivity index (χ3n) is 4.91. The predicted octanol–water partition coefficient (Wildman–Crippen LogP) is 1.97. The fourth-order valence-electron chi connectivity index (χ4n) is 3.10. The van der Waals surface area contributed by atoms with Crippen molar-refractivity contribution in [2.24, 2.45) is 4.99 Å². The van der Waals surface area contributed by atoms with E-state index in [1.54, 1.807) is 26.1 Å². The number of likely N-dealkylation sites (N-methyl/N-ethyl adjacent to an activating group) is 1. The topological polar surface area (TPSA) is 69.2 Å². The maximum absolute atomic E-state index is 11.9. The van der Waals surface area contributed by atoms with Gasteiger partial charge in [0, 0.05) is 33.7 Å². The lowest BCUT2D eigenvalue weighted by Crippen LogP contribution is -2.43. The smallest absolute Gasteiger partial charge is 0.243 e. The number of carbonyl (C=O) groups is 1. The highest BCUT2D eigenvalue weighted by Crippen LogP contribution is 2.11. The monoisotopic (exact) mass is 517 g/mol. The van der Waals surface area contributed by atoms with Crippen LogP contribution in [0.4, 0.5) is 0 Å². The maximum atomic E-state index is 11.9. The molecular weight excluding hydrogens is 481 g/mol. The highest BCUT2D eigenvalue weighted by Gasteiger charge is 2.10. The van der Waals surface area contributed by atoms with Gasteiger partial charge in [0.05, 0.1) is 7.11 Å².